The first-order valence-corrected chi connectivity index (χ1v) is 10.4. The monoisotopic (exact) mass is 421 g/mol. The van der Waals surface area contributed by atoms with Crippen LogP contribution in [-0.4, -0.2) is 31.1 Å². The van der Waals surface area contributed by atoms with Crippen molar-refractivity contribution in [1.82, 2.24) is 4.90 Å². The van der Waals surface area contributed by atoms with Crippen LogP contribution in [0.3, 0.4) is 0 Å². The van der Waals surface area contributed by atoms with E-state index in [4.69, 9.17) is 4.74 Å². The van der Waals surface area contributed by atoms with Gasteiger partial charge in [0.05, 0.1) is 13.2 Å². The summed E-state index contributed by atoms with van der Waals surface area (Å²) in [5.41, 5.74) is 1.42. The number of carbonyl (C=O) groups is 1. The van der Waals surface area contributed by atoms with Crippen LogP contribution < -0.4 is 9.47 Å². The van der Waals surface area contributed by atoms with Crippen LogP contribution in [0.2, 0.25) is 0 Å². The summed E-state index contributed by atoms with van der Waals surface area (Å²) in [6, 6.07) is 10.2. The molecular weight excluding hydrogens is 404 g/mol. The van der Waals surface area contributed by atoms with Crippen molar-refractivity contribution in [3.63, 3.8) is 0 Å². The number of fused-ring (bicyclic) bond motifs is 1. The third kappa shape index (κ3) is 3.49. The number of benzene rings is 1. The van der Waals surface area contributed by atoms with Crippen molar-refractivity contribution in [2.45, 2.75) is 19.1 Å². The van der Waals surface area contributed by atoms with E-state index in [0.717, 1.165) is 16.9 Å². The molecule has 0 unspecified atom stereocenters. The molecule has 4 rings (SSSR count). The van der Waals surface area contributed by atoms with E-state index in [-0.39, 0.29) is 29.0 Å². The van der Waals surface area contributed by atoms with Crippen molar-refractivity contribution in [3.05, 3.63) is 68.0 Å². The van der Waals surface area contributed by atoms with E-state index >= 15 is 0 Å². The maximum absolute atomic E-state index is 13.3. The second-order valence-corrected chi connectivity index (χ2v) is 8.19. The molecule has 0 aliphatic carbocycles. The van der Waals surface area contributed by atoms with Gasteiger partial charge in [-0.3, -0.25) is 4.79 Å². The molecule has 0 saturated carbocycles. The van der Waals surface area contributed by atoms with Crippen LogP contribution in [0.4, 0.5) is 8.78 Å². The number of methoxy groups -OCH3 is 1. The normalized spacial score (nSPS) is 16.1. The maximum atomic E-state index is 13.3. The van der Waals surface area contributed by atoms with E-state index in [1.807, 2.05) is 22.9 Å². The average molecular weight is 421 g/mol. The summed E-state index contributed by atoms with van der Waals surface area (Å²) >= 11 is 3.29. The number of hydrogen-bond donors (Lipinski definition) is 0. The van der Waals surface area contributed by atoms with Gasteiger partial charge < -0.3 is 14.4 Å². The Kier molecular flexibility index (Phi) is 5.32. The third-order valence-corrected chi connectivity index (χ3v) is 6.59. The molecule has 1 atom stereocenters. The number of carbonyl (C=O) groups excluding carboxylic acids is 1. The first kappa shape index (κ1) is 18.9. The molecule has 1 aromatic carbocycles. The number of nitrogens with zero attached hydrogens (tertiary/aromatic N) is 1. The van der Waals surface area contributed by atoms with Gasteiger partial charge >= 0.3 is 6.61 Å². The van der Waals surface area contributed by atoms with E-state index in [1.54, 1.807) is 33.6 Å². The summed E-state index contributed by atoms with van der Waals surface area (Å²) in [7, 11) is 1.37. The topological polar surface area (TPSA) is 38.8 Å². The summed E-state index contributed by atoms with van der Waals surface area (Å²) in [4.78, 5) is 17.5. The molecule has 3 heterocycles. The lowest BCUT2D eigenvalue weighted by molar-refractivity contribution is -0.0512. The highest BCUT2D eigenvalue weighted by Gasteiger charge is 2.34. The first-order valence-electron chi connectivity index (χ1n) is 8.62. The van der Waals surface area contributed by atoms with Gasteiger partial charge in [-0.15, -0.1) is 22.7 Å². The highest BCUT2D eigenvalue weighted by Crippen LogP contribution is 2.40. The van der Waals surface area contributed by atoms with E-state index in [1.165, 1.54) is 24.1 Å². The van der Waals surface area contributed by atoms with Gasteiger partial charge in [0, 0.05) is 21.9 Å². The first-order chi connectivity index (χ1) is 13.6. The highest BCUT2D eigenvalue weighted by atomic mass is 32.1. The number of alkyl halides is 2. The van der Waals surface area contributed by atoms with Crippen molar-refractivity contribution >= 4 is 28.6 Å². The van der Waals surface area contributed by atoms with Gasteiger partial charge in [0.2, 0.25) is 0 Å². The Morgan fingerprint density at radius 3 is 2.75 bits per heavy atom. The molecule has 0 bridgehead atoms. The highest BCUT2D eigenvalue weighted by molar-refractivity contribution is 7.10. The van der Waals surface area contributed by atoms with Crippen molar-refractivity contribution in [2.75, 3.05) is 13.7 Å². The van der Waals surface area contributed by atoms with E-state index in [9.17, 15) is 13.6 Å². The van der Waals surface area contributed by atoms with E-state index < -0.39 is 6.61 Å². The summed E-state index contributed by atoms with van der Waals surface area (Å²) in [6.07, 6.45) is 0.775. The van der Waals surface area contributed by atoms with Crippen LogP contribution in [0, 0.1) is 0 Å². The van der Waals surface area contributed by atoms with Crippen LogP contribution in [0.25, 0.3) is 0 Å². The van der Waals surface area contributed by atoms with Gasteiger partial charge in [-0.05, 0) is 53.1 Å². The molecule has 0 N–H and O–H groups in total. The molecule has 2 aromatic heterocycles. The zero-order valence-electron chi connectivity index (χ0n) is 14.9. The fourth-order valence-corrected chi connectivity index (χ4v) is 5.21. The largest absolute Gasteiger partial charge is 0.493 e. The quantitative estimate of drug-likeness (QED) is 0.568. The molecule has 3 aromatic rings. The number of hydrogen-bond acceptors (Lipinski definition) is 5. The number of thiophene rings is 2. The predicted molar refractivity (Wildman–Crippen MR) is 105 cm³/mol. The second-order valence-electron chi connectivity index (χ2n) is 6.21. The fourth-order valence-electron chi connectivity index (χ4n) is 3.45. The minimum Gasteiger partial charge on any atom is -0.493 e. The predicted octanol–water partition coefficient (Wildman–Crippen LogP) is 5.21. The Balaban J connectivity index is 1.71. The zero-order chi connectivity index (χ0) is 19.7. The van der Waals surface area contributed by atoms with Crippen molar-refractivity contribution in [2.24, 2.45) is 0 Å². The van der Waals surface area contributed by atoms with Gasteiger partial charge in [0.1, 0.15) is 0 Å². The Morgan fingerprint density at radius 1 is 1.18 bits per heavy atom. The summed E-state index contributed by atoms with van der Waals surface area (Å²) in [5, 5.41) is 4.03. The lowest BCUT2D eigenvalue weighted by Crippen LogP contribution is -2.39. The molecule has 0 fully saturated rings. The third-order valence-electron chi connectivity index (χ3n) is 4.67. The molecular formula is C20H17F2NO3S2. The van der Waals surface area contributed by atoms with Gasteiger partial charge in [0.15, 0.2) is 11.5 Å². The van der Waals surface area contributed by atoms with Crippen molar-refractivity contribution in [1.29, 1.82) is 0 Å². The Labute approximate surface area is 168 Å². The van der Waals surface area contributed by atoms with E-state index in [0.29, 0.717) is 6.54 Å². The molecule has 1 amide bonds. The number of amides is 1. The Hall–Kier alpha value is -2.45. The second kappa shape index (κ2) is 7.89. The molecule has 1 aliphatic rings. The number of halogens is 2. The van der Waals surface area contributed by atoms with Gasteiger partial charge in [-0.25, -0.2) is 0 Å². The van der Waals surface area contributed by atoms with Crippen molar-refractivity contribution < 1.29 is 23.0 Å². The van der Waals surface area contributed by atoms with Crippen LogP contribution >= 0.6 is 22.7 Å². The zero-order valence-corrected chi connectivity index (χ0v) is 16.6. The average Bonchev–Trinajstić information content (AvgIpc) is 3.37. The number of ether oxygens (including phenoxy) is 2. The van der Waals surface area contributed by atoms with Crippen molar-refractivity contribution in [3.8, 4) is 11.5 Å². The van der Waals surface area contributed by atoms with Gasteiger partial charge in [0.25, 0.3) is 5.91 Å². The lowest BCUT2D eigenvalue weighted by atomic mass is 9.97. The van der Waals surface area contributed by atoms with Crippen LogP contribution in [0.1, 0.15) is 31.7 Å². The van der Waals surface area contributed by atoms with Crippen LogP contribution in [-0.2, 0) is 6.42 Å². The Bertz CT molecular complexity index is 972. The van der Waals surface area contributed by atoms with Crippen LogP contribution in [0.15, 0.2) is 47.2 Å². The standard InChI is InChI=1S/C20H17F2NO3S2/c1-25-14-5-4-12(11-15(14)26-20(21)22)19(24)23-8-6-16-13(7-10-28-16)18(23)17-3-2-9-27-17/h2-5,7,9-11,18,20H,6,8H2,1H3/t18-/m0/s1. The molecule has 0 spiro atoms. The summed E-state index contributed by atoms with van der Waals surface area (Å²) in [5.74, 6) is -0.216. The smallest absolute Gasteiger partial charge is 0.387 e. The van der Waals surface area contributed by atoms with Gasteiger partial charge in [-0.2, -0.15) is 8.78 Å². The molecule has 146 valence electrons. The molecule has 0 saturated heterocycles. The SMILES string of the molecule is COc1ccc(C(=O)N2CCc3sccc3[C@H]2c2cccs2)cc1OC(F)F. The fraction of sp³-hybridized carbons (Fsp3) is 0.250. The molecule has 8 heteroatoms. The molecule has 1 aliphatic heterocycles. The van der Waals surface area contributed by atoms with Crippen LogP contribution in [0.5, 0.6) is 11.5 Å². The summed E-state index contributed by atoms with van der Waals surface area (Å²) < 4.78 is 35.1. The summed E-state index contributed by atoms with van der Waals surface area (Å²) in [6.45, 7) is -2.44. The maximum Gasteiger partial charge on any atom is 0.387 e. The number of rotatable bonds is 5. The Morgan fingerprint density at radius 2 is 2.04 bits per heavy atom. The minimum absolute atomic E-state index is 0.149. The molecule has 0 radical (unpaired) electrons. The van der Waals surface area contributed by atoms with Gasteiger partial charge in [-0.1, -0.05) is 6.07 Å². The van der Waals surface area contributed by atoms with E-state index in [2.05, 4.69) is 10.8 Å². The minimum atomic E-state index is -3.00. The lowest BCUT2D eigenvalue weighted by Gasteiger charge is -2.35. The molecule has 28 heavy (non-hydrogen) atoms. The molecule has 4 nitrogen and oxygen atoms in total.